The normalized spacial score (nSPS) is 9.71. The first-order valence-electron chi connectivity index (χ1n) is 7.52. The van der Waals surface area contributed by atoms with Crippen LogP contribution in [0.4, 0.5) is 0 Å². The lowest BCUT2D eigenvalue weighted by Crippen LogP contribution is -2.23. The molecule has 0 spiro atoms. The van der Waals surface area contributed by atoms with Crippen LogP contribution in [-0.4, -0.2) is 24.8 Å². The minimum Gasteiger partial charge on any atom is -0.481 e. The van der Waals surface area contributed by atoms with Crippen LogP contribution in [0.3, 0.4) is 0 Å². The van der Waals surface area contributed by atoms with Gasteiger partial charge in [-0.2, -0.15) is 0 Å². The third-order valence-corrected chi connectivity index (χ3v) is 4.45. The van der Waals surface area contributed by atoms with Gasteiger partial charge in [-0.05, 0) is 30.3 Å². The van der Waals surface area contributed by atoms with Crippen LogP contribution < -0.4 is 10.1 Å². The molecular formula is C19H18BrNO2S. The molecule has 0 aliphatic carbocycles. The number of carbonyl (C=O) groups is 1. The summed E-state index contributed by atoms with van der Waals surface area (Å²) in [6.07, 6.45) is 0.482. The number of benzene rings is 2. The highest BCUT2D eigenvalue weighted by molar-refractivity contribution is 9.10. The van der Waals surface area contributed by atoms with Crippen LogP contribution in [-0.2, 0) is 4.79 Å². The van der Waals surface area contributed by atoms with Crippen LogP contribution >= 0.6 is 27.7 Å². The summed E-state index contributed by atoms with van der Waals surface area (Å²) in [6.45, 7) is 0.646. The Kier molecular flexibility index (Phi) is 8.29. The molecule has 1 N–H and O–H groups in total. The molecule has 0 aliphatic heterocycles. The summed E-state index contributed by atoms with van der Waals surface area (Å²) in [5.74, 6) is 7.31. The van der Waals surface area contributed by atoms with Crippen molar-refractivity contribution in [1.82, 2.24) is 5.32 Å². The van der Waals surface area contributed by atoms with Gasteiger partial charge in [0.15, 0.2) is 0 Å². The highest BCUT2D eigenvalue weighted by Crippen LogP contribution is 2.18. The van der Waals surface area contributed by atoms with Gasteiger partial charge in [-0.3, -0.25) is 4.79 Å². The maximum Gasteiger partial charge on any atom is 0.221 e. The third-order valence-electron chi connectivity index (χ3n) is 2.95. The summed E-state index contributed by atoms with van der Waals surface area (Å²) in [4.78, 5) is 12.9. The van der Waals surface area contributed by atoms with E-state index < -0.39 is 0 Å². The zero-order chi connectivity index (χ0) is 17.0. The number of halogens is 1. The second kappa shape index (κ2) is 10.8. The summed E-state index contributed by atoms with van der Waals surface area (Å²) in [6, 6.07) is 17.6. The molecule has 0 heterocycles. The number of rotatable bonds is 7. The van der Waals surface area contributed by atoms with Crippen molar-refractivity contribution in [3.63, 3.8) is 0 Å². The lowest BCUT2D eigenvalue weighted by molar-refractivity contribution is -0.120. The van der Waals surface area contributed by atoms with Crippen LogP contribution in [0, 0.1) is 11.8 Å². The largest absolute Gasteiger partial charge is 0.481 e. The molecule has 3 nitrogen and oxygen atoms in total. The second-order valence-corrected chi connectivity index (χ2v) is 6.87. The van der Waals surface area contributed by atoms with E-state index in [2.05, 4.69) is 33.1 Å². The van der Waals surface area contributed by atoms with Gasteiger partial charge in [-0.1, -0.05) is 52.0 Å². The molecule has 24 heavy (non-hydrogen) atoms. The number of thioether (sulfide) groups is 1. The lowest BCUT2D eigenvalue weighted by Gasteiger charge is -2.02. The Hall–Kier alpha value is -1.90. The van der Waals surface area contributed by atoms with Gasteiger partial charge in [0, 0.05) is 21.5 Å². The standard InChI is InChI=1S/C19H18BrNO2S/c20-16-7-6-8-17(15-16)23-13-5-4-12-21-19(22)11-14-24-18-9-2-1-3-10-18/h1-3,6-10,15H,11-14H2,(H,21,22). The van der Waals surface area contributed by atoms with Crippen LogP contribution in [0.5, 0.6) is 5.75 Å². The Morgan fingerprint density at radius 1 is 1.12 bits per heavy atom. The van der Waals surface area contributed by atoms with Crippen molar-refractivity contribution >= 4 is 33.6 Å². The van der Waals surface area contributed by atoms with Gasteiger partial charge < -0.3 is 10.1 Å². The van der Waals surface area contributed by atoms with Crippen molar-refractivity contribution in [2.45, 2.75) is 11.3 Å². The van der Waals surface area contributed by atoms with Crippen molar-refractivity contribution in [2.75, 3.05) is 18.9 Å². The molecule has 5 heteroatoms. The molecule has 1 amide bonds. The van der Waals surface area contributed by atoms with Crippen molar-refractivity contribution in [3.05, 3.63) is 59.1 Å². The van der Waals surface area contributed by atoms with Crippen LogP contribution in [0.15, 0.2) is 64.0 Å². The van der Waals surface area contributed by atoms with E-state index in [4.69, 9.17) is 4.74 Å². The highest BCUT2D eigenvalue weighted by Gasteiger charge is 2.00. The van der Waals surface area contributed by atoms with Crippen molar-refractivity contribution in [2.24, 2.45) is 0 Å². The fourth-order valence-corrected chi connectivity index (χ4v) is 3.05. The second-order valence-electron chi connectivity index (χ2n) is 4.79. The molecule has 0 aliphatic rings. The fourth-order valence-electron chi connectivity index (χ4n) is 1.80. The molecule has 2 rings (SSSR count). The Balaban J connectivity index is 1.56. The van der Waals surface area contributed by atoms with Gasteiger partial charge in [0.2, 0.25) is 5.91 Å². The molecule has 0 saturated heterocycles. The van der Waals surface area contributed by atoms with E-state index >= 15 is 0 Å². The Labute approximate surface area is 155 Å². The van der Waals surface area contributed by atoms with Crippen molar-refractivity contribution in [1.29, 1.82) is 0 Å². The first kappa shape index (κ1) is 18.4. The van der Waals surface area contributed by atoms with Gasteiger partial charge in [0.25, 0.3) is 0 Å². The van der Waals surface area contributed by atoms with Crippen LogP contribution in [0.2, 0.25) is 0 Å². The highest BCUT2D eigenvalue weighted by atomic mass is 79.9. The third kappa shape index (κ3) is 7.58. The van der Waals surface area contributed by atoms with E-state index in [1.165, 1.54) is 4.90 Å². The molecule has 0 aromatic heterocycles. The summed E-state index contributed by atoms with van der Waals surface area (Å²) in [5, 5.41) is 2.79. The predicted molar refractivity (Wildman–Crippen MR) is 102 cm³/mol. The molecule has 0 atom stereocenters. The maximum atomic E-state index is 11.7. The predicted octanol–water partition coefficient (Wildman–Crippen LogP) is 4.13. The number of hydrogen-bond acceptors (Lipinski definition) is 3. The molecule has 0 bridgehead atoms. The molecule has 2 aromatic rings. The smallest absolute Gasteiger partial charge is 0.221 e. The van der Waals surface area contributed by atoms with Gasteiger partial charge in [-0.15, -0.1) is 11.8 Å². The van der Waals surface area contributed by atoms with Gasteiger partial charge in [0.05, 0.1) is 6.54 Å². The first-order chi connectivity index (χ1) is 11.7. The average molecular weight is 404 g/mol. The molecule has 0 fully saturated rings. The number of hydrogen-bond donors (Lipinski definition) is 1. The minimum absolute atomic E-state index is 0.0145. The van der Waals surface area contributed by atoms with E-state index in [0.717, 1.165) is 16.0 Å². The molecule has 124 valence electrons. The monoisotopic (exact) mass is 403 g/mol. The topological polar surface area (TPSA) is 38.3 Å². The molecule has 0 radical (unpaired) electrons. The molecular weight excluding hydrogens is 386 g/mol. The van der Waals surface area contributed by atoms with E-state index in [9.17, 15) is 4.79 Å². The Morgan fingerprint density at radius 3 is 2.75 bits per heavy atom. The van der Waals surface area contributed by atoms with E-state index in [0.29, 0.717) is 19.6 Å². The zero-order valence-electron chi connectivity index (χ0n) is 13.1. The summed E-state index contributed by atoms with van der Waals surface area (Å²) in [7, 11) is 0. The van der Waals surface area contributed by atoms with E-state index in [1.54, 1.807) is 11.8 Å². The van der Waals surface area contributed by atoms with E-state index in [-0.39, 0.29) is 5.91 Å². The van der Waals surface area contributed by atoms with Gasteiger partial charge >= 0.3 is 0 Å². The lowest BCUT2D eigenvalue weighted by atomic mass is 10.3. The Bertz CT molecular complexity index is 710. The van der Waals surface area contributed by atoms with Crippen LogP contribution in [0.1, 0.15) is 6.42 Å². The van der Waals surface area contributed by atoms with Crippen molar-refractivity contribution < 1.29 is 9.53 Å². The number of amides is 1. The van der Waals surface area contributed by atoms with Crippen molar-refractivity contribution in [3.8, 4) is 17.6 Å². The zero-order valence-corrected chi connectivity index (χ0v) is 15.5. The van der Waals surface area contributed by atoms with Gasteiger partial charge in [-0.25, -0.2) is 0 Å². The SMILES string of the molecule is O=C(CCSc1ccccc1)NCC#CCOc1cccc(Br)c1. The van der Waals surface area contributed by atoms with Gasteiger partial charge in [0.1, 0.15) is 12.4 Å². The van der Waals surface area contributed by atoms with E-state index in [1.807, 2.05) is 54.6 Å². The summed E-state index contributed by atoms with van der Waals surface area (Å²) >= 11 is 5.06. The molecule has 2 aromatic carbocycles. The fraction of sp³-hybridized carbons (Fsp3) is 0.211. The summed E-state index contributed by atoms with van der Waals surface area (Å²) in [5.41, 5.74) is 0. The molecule has 0 unspecified atom stereocenters. The quantitative estimate of drug-likeness (QED) is 0.557. The maximum absolute atomic E-state index is 11.7. The first-order valence-corrected chi connectivity index (χ1v) is 9.30. The average Bonchev–Trinajstić information content (AvgIpc) is 2.59. The number of carbonyl (C=O) groups excluding carboxylic acids is 1. The van der Waals surface area contributed by atoms with Crippen LogP contribution in [0.25, 0.3) is 0 Å². The molecule has 0 saturated carbocycles. The number of ether oxygens (including phenoxy) is 1. The number of nitrogens with one attached hydrogen (secondary N) is 1. The Morgan fingerprint density at radius 2 is 1.96 bits per heavy atom. The minimum atomic E-state index is 0.0145. The summed E-state index contributed by atoms with van der Waals surface area (Å²) < 4.78 is 6.45.